The van der Waals surface area contributed by atoms with Crippen molar-refractivity contribution in [1.82, 2.24) is 15.3 Å². The Morgan fingerprint density at radius 1 is 1.35 bits per heavy atom. The first-order valence-electron chi connectivity index (χ1n) is 8.51. The molecule has 0 fully saturated rings. The fraction of sp³-hybridized carbons (Fsp3) is 0.556. The molecule has 0 aliphatic heterocycles. The lowest BCUT2D eigenvalue weighted by Crippen LogP contribution is -2.43. The molecule has 2 rings (SSSR count). The van der Waals surface area contributed by atoms with Gasteiger partial charge in [-0.25, -0.2) is 4.98 Å². The minimum absolute atomic E-state index is 0.0970. The maximum atomic E-state index is 12.4. The highest BCUT2D eigenvalue weighted by atomic mass is 16.2. The molecule has 0 saturated carbocycles. The van der Waals surface area contributed by atoms with Crippen LogP contribution in [0.3, 0.4) is 0 Å². The molecule has 0 radical (unpaired) electrons. The first kappa shape index (κ1) is 17.5. The van der Waals surface area contributed by atoms with Crippen LogP contribution >= 0.6 is 0 Å². The number of fused-ring (bicyclic) bond motifs is 1. The van der Waals surface area contributed by atoms with E-state index in [1.807, 2.05) is 24.3 Å². The summed E-state index contributed by atoms with van der Waals surface area (Å²) in [6.07, 6.45) is 3.65. The van der Waals surface area contributed by atoms with Crippen LogP contribution in [0, 0.1) is 5.92 Å². The summed E-state index contributed by atoms with van der Waals surface area (Å²) in [6, 6.07) is 7.32. The van der Waals surface area contributed by atoms with Crippen molar-refractivity contribution in [3.63, 3.8) is 0 Å². The SMILES string of the molecule is CCCCC(NC(=O)[C@@H](N)CC(C)C)c1nc2ccccc2[nH]1. The van der Waals surface area contributed by atoms with Crippen molar-refractivity contribution in [2.24, 2.45) is 11.7 Å². The standard InChI is InChI=1S/C18H28N4O/c1-4-5-8-16(22-18(23)13(19)11-12(2)3)17-20-14-9-6-7-10-15(14)21-17/h6-7,9-10,12-13,16H,4-5,8,11,19H2,1-3H3,(H,20,21)(H,22,23)/t13-,16?/m0/s1. The van der Waals surface area contributed by atoms with Crippen molar-refractivity contribution >= 4 is 16.9 Å². The zero-order valence-electron chi connectivity index (χ0n) is 14.3. The molecule has 0 bridgehead atoms. The van der Waals surface area contributed by atoms with Crippen molar-refractivity contribution in [2.45, 2.75) is 58.5 Å². The van der Waals surface area contributed by atoms with Gasteiger partial charge in [0, 0.05) is 0 Å². The Hall–Kier alpha value is -1.88. The van der Waals surface area contributed by atoms with Gasteiger partial charge in [0.15, 0.2) is 0 Å². The average Bonchev–Trinajstić information content (AvgIpc) is 2.94. The number of nitrogens with one attached hydrogen (secondary N) is 2. The van der Waals surface area contributed by atoms with E-state index < -0.39 is 6.04 Å². The second kappa shape index (κ2) is 8.11. The van der Waals surface area contributed by atoms with Crippen LogP contribution in [0.4, 0.5) is 0 Å². The van der Waals surface area contributed by atoms with Gasteiger partial charge in [0.05, 0.1) is 23.1 Å². The molecule has 1 aromatic carbocycles. The van der Waals surface area contributed by atoms with Crippen LogP contribution in [-0.4, -0.2) is 21.9 Å². The first-order valence-corrected chi connectivity index (χ1v) is 8.51. The number of imidazole rings is 1. The summed E-state index contributed by atoms with van der Waals surface area (Å²) in [5, 5.41) is 3.08. The van der Waals surface area contributed by atoms with E-state index in [1.165, 1.54) is 0 Å². The number of nitrogens with two attached hydrogens (primary N) is 1. The van der Waals surface area contributed by atoms with Crippen molar-refractivity contribution in [3.05, 3.63) is 30.1 Å². The molecule has 2 aromatic rings. The van der Waals surface area contributed by atoms with Crippen LogP contribution < -0.4 is 11.1 Å². The number of carbonyl (C=O) groups is 1. The number of benzene rings is 1. The number of nitrogens with zero attached hydrogens (tertiary/aromatic N) is 1. The maximum Gasteiger partial charge on any atom is 0.237 e. The number of para-hydroxylation sites is 2. The maximum absolute atomic E-state index is 12.4. The number of aromatic nitrogens is 2. The number of carbonyl (C=O) groups excluding carboxylic acids is 1. The molecule has 126 valence electrons. The third-order valence-corrected chi connectivity index (χ3v) is 3.96. The van der Waals surface area contributed by atoms with Gasteiger partial charge < -0.3 is 16.0 Å². The van der Waals surface area contributed by atoms with Crippen molar-refractivity contribution < 1.29 is 4.79 Å². The van der Waals surface area contributed by atoms with E-state index in [2.05, 4.69) is 36.1 Å². The van der Waals surface area contributed by atoms with Crippen LogP contribution in [0.1, 0.15) is 58.3 Å². The van der Waals surface area contributed by atoms with Crippen LogP contribution in [0.25, 0.3) is 11.0 Å². The number of H-pyrrole nitrogens is 1. The average molecular weight is 316 g/mol. The van der Waals surface area contributed by atoms with Gasteiger partial charge in [0.1, 0.15) is 5.82 Å². The highest BCUT2D eigenvalue weighted by Gasteiger charge is 2.22. The molecule has 23 heavy (non-hydrogen) atoms. The molecule has 5 nitrogen and oxygen atoms in total. The number of rotatable bonds is 8. The summed E-state index contributed by atoms with van der Waals surface area (Å²) in [4.78, 5) is 20.3. The van der Waals surface area contributed by atoms with Crippen molar-refractivity contribution in [3.8, 4) is 0 Å². The molecular formula is C18H28N4O. The largest absolute Gasteiger partial charge is 0.345 e. The smallest absolute Gasteiger partial charge is 0.237 e. The predicted molar refractivity (Wildman–Crippen MR) is 93.9 cm³/mol. The highest BCUT2D eigenvalue weighted by Crippen LogP contribution is 2.20. The molecular weight excluding hydrogens is 288 g/mol. The van der Waals surface area contributed by atoms with Gasteiger partial charge in [0.2, 0.25) is 5.91 Å². The molecule has 1 aromatic heterocycles. The lowest BCUT2D eigenvalue weighted by molar-refractivity contribution is -0.123. The molecule has 0 saturated heterocycles. The number of aromatic amines is 1. The van der Waals surface area contributed by atoms with Crippen LogP contribution in [0.2, 0.25) is 0 Å². The lowest BCUT2D eigenvalue weighted by atomic mass is 10.0. The molecule has 0 aliphatic rings. The highest BCUT2D eigenvalue weighted by molar-refractivity contribution is 5.82. The van der Waals surface area contributed by atoms with E-state index in [-0.39, 0.29) is 11.9 Å². The number of amides is 1. The summed E-state index contributed by atoms with van der Waals surface area (Å²) in [5.74, 6) is 1.11. The fourth-order valence-corrected chi connectivity index (χ4v) is 2.72. The van der Waals surface area contributed by atoms with E-state index in [1.54, 1.807) is 0 Å². The molecule has 1 unspecified atom stereocenters. The number of hydrogen-bond acceptors (Lipinski definition) is 3. The fourth-order valence-electron chi connectivity index (χ4n) is 2.72. The van der Waals surface area contributed by atoms with Gasteiger partial charge in [-0.2, -0.15) is 0 Å². The van der Waals surface area contributed by atoms with Crippen LogP contribution in [0.15, 0.2) is 24.3 Å². The Labute approximate surface area is 138 Å². The van der Waals surface area contributed by atoms with Gasteiger partial charge in [-0.3, -0.25) is 4.79 Å². The summed E-state index contributed by atoms with van der Waals surface area (Å²) in [7, 11) is 0. The van der Waals surface area contributed by atoms with Gasteiger partial charge in [-0.15, -0.1) is 0 Å². The minimum atomic E-state index is -0.469. The third kappa shape index (κ3) is 4.79. The summed E-state index contributed by atoms with van der Waals surface area (Å²) < 4.78 is 0. The summed E-state index contributed by atoms with van der Waals surface area (Å²) in [5.41, 5.74) is 7.92. The van der Waals surface area contributed by atoms with E-state index in [4.69, 9.17) is 5.73 Å². The summed E-state index contributed by atoms with van der Waals surface area (Å²) >= 11 is 0. The monoisotopic (exact) mass is 316 g/mol. The quantitative estimate of drug-likeness (QED) is 0.699. The second-order valence-electron chi connectivity index (χ2n) is 6.58. The van der Waals surface area contributed by atoms with Crippen LogP contribution in [0.5, 0.6) is 0 Å². The van der Waals surface area contributed by atoms with Crippen molar-refractivity contribution in [2.75, 3.05) is 0 Å². The normalized spacial score (nSPS) is 14.1. The number of unbranched alkanes of at least 4 members (excludes halogenated alkanes) is 1. The molecule has 0 spiro atoms. The zero-order valence-corrected chi connectivity index (χ0v) is 14.3. The summed E-state index contributed by atoms with van der Waals surface area (Å²) in [6.45, 7) is 6.28. The molecule has 5 heteroatoms. The Bertz CT molecular complexity index is 602. The first-order chi connectivity index (χ1) is 11.0. The van der Waals surface area contributed by atoms with E-state index in [0.717, 1.165) is 36.1 Å². The van der Waals surface area contributed by atoms with Crippen molar-refractivity contribution in [1.29, 1.82) is 0 Å². The molecule has 1 amide bonds. The Morgan fingerprint density at radius 2 is 2.09 bits per heavy atom. The van der Waals surface area contributed by atoms with Crippen LogP contribution in [-0.2, 0) is 4.79 Å². The lowest BCUT2D eigenvalue weighted by Gasteiger charge is -2.20. The second-order valence-corrected chi connectivity index (χ2v) is 6.58. The molecule has 1 heterocycles. The third-order valence-electron chi connectivity index (χ3n) is 3.96. The molecule has 2 atom stereocenters. The molecule has 4 N–H and O–H groups in total. The minimum Gasteiger partial charge on any atom is -0.345 e. The Kier molecular flexibility index (Phi) is 6.16. The van der Waals surface area contributed by atoms with E-state index in [0.29, 0.717) is 12.3 Å². The van der Waals surface area contributed by atoms with E-state index in [9.17, 15) is 4.79 Å². The molecule has 0 aliphatic carbocycles. The topological polar surface area (TPSA) is 83.8 Å². The predicted octanol–water partition coefficient (Wildman–Crippen LogP) is 3.28. The van der Waals surface area contributed by atoms with Gasteiger partial charge >= 0.3 is 0 Å². The van der Waals surface area contributed by atoms with Gasteiger partial charge in [-0.1, -0.05) is 45.7 Å². The Balaban J connectivity index is 2.14. The number of hydrogen-bond donors (Lipinski definition) is 3. The Morgan fingerprint density at radius 3 is 2.74 bits per heavy atom. The van der Waals surface area contributed by atoms with Gasteiger partial charge in [-0.05, 0) is 30.9 Å². The zero-order chi connectivity index (χ0) is 16.8. The van der Waals surface area contributed by atoms with Gasteiger partial charge in [0.25, 0.3) is 0 Å². The van der Waals surface area contributed by atoms with E-state index >= 15 is 0 Å².